The highest BCUT2D eigenvalue weighted by Crippen LogP contribution is 2.28. The van der Waals surface area contributed by atoms with Gasteiger partial charge in [-0.05, 0) is 86.5 Å². The van der Waals surface area contributed by atoms with E-state index in [0.717, 1.165) is 28.3 Å². The summed E-state index contributed by atoms with van der Waals surface area (Å²) in [5.74, 6) is 0.830. The van der Waals surface area contributed by atoms with Crippen molar-refractivity contribution in [3.8, 4) is 22.7 Å². The van der Waals surface area contributed by atoms with E-state index in [1.165, 1.54) is 12.1 Å². The van der Waals surface area contributed by atoms with Gasteiger partial charge in [-0.2, -0.15) is 0 Å². The van der Waals surface area contributed by atoms with Crippen LogP contribution in [0.25, 0.3) is 16.9 Å². The van der Waals surface area contributed by atoms with E-state index in [0.29, 0.717) is 0 Å². The Morgan fingerprint density at radius 1 is 1.00 bits per heavy atom. The van der Waals surface area contributed by atoms with Crippen LogP contribution in [0.15, 0.2) is 65.7 Å². The minimum atomic E-state index is -3.70. The lowest BCUT2D eigenvalue weighted by molar-refractivity contribution is 0.242. The molecule has 0 atom stereocenters. The molecule has 2 aromatic carbocycles. The molecular weight excluding hydrogens is 348 g/mol. The van der Waals surface area contributed by atoms with Gasteiger partial charge in [-0.25, -0.2) is 13.6 Å². The van der Waals surface area contributed by atoms with Gasteiger partial charge in [-0.1, -0.05) is 0 Å². The van der Waals surface area contributed by atoms with E-state index in [-0.39, 0.29) is 11.0 Å². The van der Waals surface area contributed by atoms with Crippen LogP contribution in [0.5, 0.6) is 5.75 Å². The first-order valence-electron chi connectivity index (χ1n) is 8.33. The summed E-state index contributed by atoms with van der Waals surface area (Å²) in [6.07, 6.45) is 2.14. The Kier molecular flexibility index (Phi) is 4.89. The molecule has 1 heterocycles. The lowest BCUT2D eigenvalue weighted by Gasteiger charge is -2.12. The second-order valence-corrected chi connectivity index (χ2v) is 8.06. The quantitative estimate of drug-likeness (QED) is 0.740. The van der Waals surface area contributed by atoms with Gasteiger partial charge >= 0.3 is 0 Å². The van der Waals surface area contributed by atoms with E-state index < -0.39 is 10.0 Å². The Balaban J connectivity index is 1.98. The Hall–Kier alpha value is -2.57. The molecular formula is C20H22N2O3S. The van der Waals surface area contributed by atoms with Gasteiger partial charge in [0.05, 0.1) is 16.7 Å². The average Bonchev–Trinajstić information content (AvgIpc) is 2.96. The van der Waals surface area contributed by atoms with E-state index in [1.54, 1.807) is 12.1 Å². The van der Waals surface area contributed by atoms with E-state index in [4.69, 9.17) is 9.88 Å². The number of sulfonamides is 1. The fraction of sp³-hybridized carbons (Fsp3) is 0.200. The third kappa shape index (κ3) is 3.98. The zero-order valence-electron chi connectivity index (χ0n) is 15.0. The Morgan fingerprint density at radius 2 is 1.62 bits per heavy atom. The third-order valence-corrected chi connectivity index (χ3v) is 4.85. The summed E-state index contributed by atoms with van der Waals surface area (Å²) in [5.41, 5.74) is 4.03. The fourth-order valence-corrected chi connectivity index (χ4v) is 3.32. The Bertz CT molecular complexity index is 1000. The molecule has 1 aromatic heterocycles. The second-order valence-electron chi connectivity index (χ2n) is 6.50. The van der Waals surface area contributed by atoms with Crippen LogP contribution in [0, 0.1) is 6.92 Å². The van der Waals surface area contributed by atoms with Crippen molar-refractivity contribution in [1.82, 2.24) is 4.57 Å². The number of aromatic nitrogens is 1. The van der Waals surface area contributed by atoms with Crippen LogP contribution < -0.4 is 9.88 Å². The number of hydrogen-bond donors (Lipinski definition) is 1. The average molecular weight is 370 g/mol. The lowest BCUT2D eigenvalue weighted by Crippen LogP contribution is -2.12. The van der Waals surface area contributed by atoms with Gasteiger partial charge in [0, 0.05) is 11.9 Å². The van der Waals surface area contributed by atoms with Gasteiger partial charge < -0.3 is 9.30 Å². The van der Waals surface area contributed by atoms with Gasteiger partial charge in [0.1, 0.15) is 5.75 Å². The van der Waals surface area contributed by atoms with E-state index in [1.807, 2.05) is 55.8 Å². The molecule has 0 aliphatic rings. The van der Waals surface area contributed by atoms with Crippen LogP contribution in [-0.2, 0) is 10.0 Å². The van der Waals surface area contributed by atoms with Gasteiger partial charge in [0.15, 0.2) is 0 Å². The van der Waals surface area contributed by atoms with Crippen molar-refractivity contribution < 1.29 is 13.2 Å². The second kappa shape index (κ2) is 6.97. The van der Waals surface area contributed by atoms with Crippen molar-refractivity contribution in [2.75, 3.05) is 0 Å². The number of rotatable bonds is 5. The normalized spacial score (nSPS) is 11.7. The number of ether oxygens (including phenoxy) is 1. The van der Waals surface area contributed by atoms with Gasteiger partial charge in [-0.15, -0.1) is 0 Å². The molecule has 0 unspecified atom stereocenters. The van der Waals surface area contributed by atoms with Crippen molar-refractivity contribution in [1.29, 1.82) is 0 Å². The molecule has 3 rings (SSSR count). The van der Waals surface area contributed by atoms with Crippen LogP contribution in [0.1, 0.15) is 19.4 Å². The predicted octanol–water partition coefficient (Wildman–Crippen LogP) is 3.89. The molecule has 0 aliphatic heterocycles. The number of primary sulfonamides is 1. The van der Waals surface area contributed by atoms with Crippen molar-refractivity contribution in [2.24, 2.45) is 5.14 Å². The maximum atomic E-state index is 11.4. The molecule has 6 heteroatoms. The molecule has 0 spiro atoms. The summed E-state index contributed by atoms with van der Waals surface area (Å²) in [6, 6.07) is 16.6. The number of aryl methyl sites for hydroxylation is 1. The molecule has 0 aliphatic carbocycles. The predicted molar refractivity (Wildman–Crippen MR) is 103 cm³/mol. The zero-order valence-corrected chi connectivity index (χ0v) is 15.8. The monoisotopic (exact) mass is 370 g/mol. The molecule has 3 aromatic rings. The van der Waals surface area contributed by atoms with Crippen molar-refractivity contribution in [3.05, 3.63) is 66.4 Å². The SMILES string of the molecule is Cc1cc(-c2ccc(OC(C)C)cc2)n(-c2ccc(S(N)(=O)=O)cc2)c1. The fourth-order valence-electron chi connectivity index (χ4n) is 2.80. The zero-order chi connectivity index (χ0) is 18.9. The first-order valence-corrected chi connectivity index (χ1v) is 9.88. The smallest absolute Gasteiger partial charge is 0.238 e. The molecule has 0 amide bonds. The summed E-state index contributed by atoms with van der Waals surface area (Å²) >= 11 is 0. The third-order valence-electron chi connectivity index (χ3n) is 3.92. The number of nitrogens with zero attached hydrogens (tertiary/aromatic N) is 1. The van der Waals surface area contributed by atoms with E-state index in [9.17, 15) is 8.42 Å². The topological polar surface area (TPSA) is 74.3 Å². The minimum absolute atomic E-state index is 0.0989. The summed E-state index contributed by atoms with van der Waals surface area (Å²) in [5, 5.41) is 5.17. The van der Waals surface area contributed by atoms with Crippen LogP contribution in [-0.4, -0.2) is 19.1 Å². The maximum Gasteiger partial charge on any atom is 0.238 e. The lowest BCUT2D eigenvalue weighted by atomic mass is 10.1. The Morgan fingerprint density at radius 3 is 2.15 bits per heavy atom. The first kappa shape index (κ1) is 18.2. The highest BCUT2D eigenvalue weighted by atomic mass is 32.2. The molecule has 136 valence electrons. The van der Waals surface area contributed by atoms with E-state index in [2.05, 4.69) is 6.07 Å². The van der Waals surface area contributed by atoms with Gasteiger partial charge in [0.25, 0.3) is 0 Å². The summed E-state index contributed by atoms with van der Waals surface area (Å²) in [6.45, 7) is 6.01. The summed E-state index contributed by atoms with van der Waals surface area (Å²) in [4.78, 5) is 0.0989. The standard InChI is InChI=1S/C20H22N2O3S/c1-14(2)25-18-8-4-16(5-9-18)20-12-15(3)13-22(20)17-6-10-19(11-7-17)26(21,23)24/h4-14H,1-3H3,(H2,21,23,24). The van der Waals surface area contributed by atoms with E-state index >= 15 is 0 Å². The highest BCUT2D eigenvalue weighted by molar-refractivity contribution is 7.89. The number of nitrogens with two attached hydrogens (primary N) is 1. The van der Waals surface area contributed by atoms with Crippen LogP contribution in [0.4, 0.5) is 0 Å². The molecule has 0 saturated heterocycles. The highest BCUT2D eigenvalue weighted by Gasteiger charge is 2.11. The van der Waals surface area contributed by atoms with Crippen molar-refractivity contribution in [3.63, 3.8) is 0 Å². The minimum Gasteiger partial charge on any atom is -0.491 e. The molecule has 5 nitrogen and oxygen atoms in total. The molecule has 0 bridgehead atoms. The van der Waals surface area contributed by atoms with Gasteiger partial charge in [0.2, 0.25) is 10.0 Å². The molecule has 2 N–H and O–H groups in total. The Labute approximate surface area is 154 Å². The number of benzene rings is 2. The molecule has 0 saturated carbocycles. The molecule has 26 heavy (non-hydrogen) atoms. The van der Waals surface area contributed by atoms with Crippen molar-refractivity contribution >= 4 is 10.0 Å². The van der Waals surface area contributed by atoms with Crippen LogP contribution in [0.2, 0.25) is 0 Å². The van der Waals surface area contributed by atoms with Crippen LogP contribution >= 0.6 is 0 Å². The number of hydrogen-bond acceptors (Lipinski definition) is 3. The first-order chi connectivity index (χ1) is 12.2. The molecule has 0 radical (unpaired) electrons. The largest absolute Gasteiger partial charge is 0.491 e. The maximum absolute atomic E-state index is 11.4. The van der Waals surface area contributed by atoms with Crippen molar-refractivity contribution in [2.45, 2.75) is 31.8 Å². The van der Waals surface area contributed by atoms with Gasteiger partial charge in [-0.3, -0.25) is 0 Å². The summed E-state index contributed by atoms with van der Waals surface area (Å²) < 4.78 is 30.6. The molecule has 0 fully saturated rings. The summed E-state index contributed by atoms with van der Waals surface area (Å²) in [7, 11) is -3.70. The van der Waals surface area contributed by atoms with Crippen LogP contribution in [0.3, 0.4) is 0 Å².